The molecule has 0 radical (unpaired) electrons. The molecule has 0 saturated carbocycles. The first-order valence-electron chi connectivity index (χ1n) is 6.00. The molecule has 2 aromatic carbocycles. The predicted molar refractivity (Wildman–Crippen MR) is 78.2 cm³/mol. The molecule has 5 nitrogen and oxygen atoms in total. The summed E-state index contributed by atoms with van der Waals surface area (Å²) in [6.45, 7) is 3.58. The summed E-state index contributed by atoms with van der Waals surface area (Å²) in [6, 6.07) is 11.1. The Morgan fingerprint density at radius 2 is 1.90 bits per heavy atom. The van der Waals surface area contributed by atoms with E-state index in [4.69, 9.17) is 5.73 Å². The first-order chi connectivity index (χ1) is 9.95. The van der Waals surface area contributed by atoms with Gasteiger partial charge in [0.05, 0.1) is 5.56 Å². The Labute approximate surface area is 121 Å². The van der Waals surface area contributed by atoms with Gasteiger partial charge in [-0.1, -0.05) is 30.8 Å². The van der Waals surface area contributed by atoms with Crippen molar-refractivity contribution in [1.82, 2.24) is 0 Å². The van der Waals surface area contributed by atoms with Crippen LogP contribution in [0.25, 0.3) is 16.7 Å². The second-order valence-electron chi connectivity index (χ2n) is 4.39. The van der Waals surface area contributed by atoms with Gasteiger partial charge in [0.1, 0.15) is 6.07 Å². The van der Waals surface area contributed by atoms with E-state index in [-0.39, 0.29) is 22.6 Å². The highest BCUT2D eigenvalue weighted by Gasteiger charge is 2.15. The molecule has 1 amide bonds. The molecule has 104 valence electrons. The molecular weight excluding hydrogens is 268 g/mol. The van der Waals surface area contributed by atoms with E-state index in [2.05, 4.69) is 6.58 Å². The maximum absolute atomic E-state index is 11.3. The molecule has 5 heteroatoms. The molecule has 0 aliphatic rings. The summed E-state index contributed by atoms with van der Waals surface area (Å²) < 4.78 is 0. The zero-order chi connectivity index (χ0) is 15.6. The van der Waals surface area contributed by atoms with Crippen LogP contribution >= 0.6 is 0 Å². The van der Waals surface area contributed by atoms with E-state index in [1.54, 1.807) is 24.3 Å². The van der Waals surface area contributed by atoms with E-state index in [1.165, 1.54) is 12.1 Å². The lowest BCUT2D eigenvalue weighted by Crippen LogP contribution is -2.13. The fraction of sp³-hybridized carbons (Fsp3) is 0. The van der Waals surface area contributed by atoms with Crippen molar-refractivity contribution in [2.45, 2.75) is 0 Å². The van der Waals surface area contributed by atoms with Gasteiger partial charge in [-0.05, 0) is 17.7 Å². The molecule has 0 bridgehead atoms. The van der Waals surface area contributed by atoms with Crippen LogP contribution in [0.2, 0.25) is 0 Å². The van der Waals surface area contributed by atoms with Crippen molar-refractivity contribution in [3.05, 3.63) is 54.1 Å². The minimum atomic E-state index is -0.711. The molecule has 4 N–H and O–H groups in total. The number of carbonyl (C=O) groups is 1. The predicted octanol–water partition coefficient (Wildman–Crippen LogP) is 2.13. The average Bonchev–Trinajstić information content (AvgIpc) is 2.48. The third kappa shape index (κ3) is 2.55. The molecule has 0 spiro atoms. The molecule has 0 aliphatic carbocycles. The summed E-state index contributed by atoms with van der Waals surface area (Å²) >= 11 is 0. The number of phenolic OH excluding ortho intramolecular Hbond substituents is 2. The molecule has 0 heterocycles. The van der Waals surface area contributed by atoms with Gasteiger partial charge in [0.2, 0.25) is 5.91 Å². The molecule has 0 fully saturated rings. The molecule has 2 rings (SSSR count). The van der Waals surface area contributed by atoms with Gasteiger partial charge >= 0.3 is 0 Å². The number of hydrogen-bond acceptors (Lipinski definition) is 4. The molecule has 0 aliphatic heterocycles. The number of carbonyl (C=O) groups excluding carboxylic acids is 1. The Hall–Kier alpha value is -3.26. The first kappa shape index (κ1) is 14.2. The molecule has 0 saturated heterocycles. The Morgan fingerprint density at radius 3 is 2.48 bits per heavy atom. The van der Waals surface area contributed by atoms with Gasteiger partial charge in [-0.3, -0.25) is 4.79 Å². The largest absolute Gasteiger partial charge is 0.504 e. The molecule has 2 aromatic rings. The van der Waals surface area contributed by atoms with Crippen molar-refractivity contribution in [3.8, 4) is 28.7 Å². The van der Waals surface area contributed by atoms with E-state index in [0.29, 0.717) is 16.7 Å². The number of nitrogens with zero attached hydrogens (tertiary/aromatic N) is 1. The Morgan fingerprint density at radius 1 is 1.19 bits per heavy atom. The third-order valence-corrected chi connectivity index (χ3v) is 3.09. The molecular formula is C16H12N2O3. The van der Waals surface area contributed by atoms with E-state index in [0.717, 1.165) is 0 Å². The number of benzene rings is 2. The number of primary amides is 1. The van der Waals surface area contributed by atoms with Gasteiger partial charge in [-0.25, -0.2) is 0 Å². The fourth-order valence-corrected chi connectivity index (χ4v) is 1.99. The highest BCUT2D eigenvalue weighted by atomic mass is 16.3. The lowest BCUT2D eigenvalue weighted by molar-refractivity contribution is -0.112. The number of rotatable bonds is 3. The standard InChI is InChI=1S/C16H12N2O3/c1-9(16(18)21)11-3-2-4-12(13(11)8-17)10-5-6-14(19)15(20)7-10/h2-7,19-20H,1H2,(H2,18,21). The third-order valence-electron chi connectivity index (χ3n) is 3.09. The van der Waals surface area contributed by atoms with Crippen LogP contribution in [0, 0.1) is 11.3 Å². The van der Waals surface area contributed by atoms with Crippen molar-refractivity contribution in [2.75, 3.05) is 0 Å². The second-order valence-corrected chi connectivity index (χ2v) is 4.39. The summed E-state index contributed by atoms with van der Waals surface area (Å²) in [5.74, 6) is -1.26. The van der Waals surface area contributed by atoms with Crippen molar-refractivity contribution >= 4 is 11.5 Å². The highest BCUT2D eigenvalue weighted by molar-refractivity contribution is 6.18. The van der Waals surface area contributed by atoms with E-state index in [1.807, 2.05) is 6.07 Å². The lowest BCUT2D eigenvalue weighted by Gasteiger charge is -2.10. The lowest BCUT2D eigenvalue weighted by atomic mass is 9.92. The summed E-state index contributed by atoms with van der Waals surface area (Å²) in [7, 11) is 0. The number of aromatic hydroxyl groups is 2. The van der Waals surface area contributed by atoms with E-state index in [9.17, 15) is 20.3 Å². The SMILES string of the molecule is C=C(C(N)=O)c1cccc(-c2ccc(O)c(O)c2)c1C#N. The fourth-order valence-electron chi connectivity index (χ4n) is 1.99. The Kier molecular flexibility index (Phi) is 3.63. The summed E-state index contributed by atoms with van der Waals surface area (Å²) in [4.78, 5) is 11.3. The average molecular weight is 280 g/mol. The van der Waals surface area contributed by atoms with Crippen LogP contribution in [-0.4, -0.2) is 16.1 Å². The van der Waals surface area contributed by atoms with Gasteiger partial charge < -0.3 is 15.9 Å². The van der Waals surface area contributed by atoms with Gasteiger partial charge in [0.15, 0.2) is 11.5 Å². The highest BCUT2D eigenvalue weighted by Crippen LogP contribution is 2.34. The smallest absolute Gasteiger partial charge is 0.248 e. The monoisotopic (exact) mass is 280 g/mol. The van der Waals surface area contributed by atoms with E-state index >= 15 is 0 Å². The van der Waals surface area contributed by atoms with Crippen molar-refractivity contribution in [3.63, 3.8) is 0 Å². The Bertz CT molecular complexity index is 789. The molecule has 0 atom stereocenters. The van der Waals surface area contributed by atoms with Crippen LogP contribution in [0.15, 0.2) is 43.0 Å². The number of phenols is 2. The van der Waals surface area contributed by atoms with Crippen LogP contribution in [-0.2, 0) is 4.79 Å². The van der Waals surface area contributed by atoms with Crippen LogP contribution in [0.1, 0.15) is 11.1 Å². The number of nitrogens with two attached hydrogens (primary N) is 1. The quantitative estimate of drug-likeness (QED) is 0.591. The molecule has 0 aromatic heterocycles. The maximum Gasteiger partial charge on any atom is 0.248 e. The number of hydrogen-bond donors (Lipinski definition) is 3. The van der Waals surface area contributed by atoms with Crippen molar-refractivity contribution < 1.29 is 15.0 Å². The van der Waals surface area contributed by atoms with Crippen LogP contribution < -0.4 is 5.73 Å². The van der Waals surface area contributed by atoms with Crippen LogP contribution in [0.3, 0.4) is 0 Å². The first-order valence-corrected chi connectivity index (χ1v) is 6.00. The summed E-state index contributed by atoms with van der Waals surface area (Å²) in [6.07, 6.45) is 0. The number of nitriles is 1. The van der Waals surface area contributed by atoms with Gasteiger partial charge in [-0.2, -0.15) is 5.26 Å². The minimum absolute atomic E-state index is 0.0383. The van der Waals surface area contributed by atoms with Gasteiger partial charge in [-0.15, -0.1) is 0 Å². The maximum atomic E-state index is 11.3. The van der Waals surface area contributed by atoms with Crippen molar-refractivity contribution in [2.24, 2.45) is 5.73 Å². The summed E-state index contributed by atoms with van der Waals surface area (Å²) in [5, 5.41) is 28.3. The Balaban J connectivity index is 2.68. The minimum Gasteiger partial charge on any atom is -0.504 e. The van der Waals surface area contributed by atoms with E-state index < -0.39 is 5.91 Å². The van der Waals surface area contributed by atoms with Gasteiger partial charge in [0.25, 0.3) is 0 Å². The molecule has 0 unspecified atom stereocenters. The topological polar surface area (TPSA) is 107 Å². The normalized spacial score (nSPS) is 9.86. The number of amides is 1. The zero-order valence-corrected chi connectivity index (χ0v) is 11.0. The van der Waals surface area contributed by atoms with Gasteiger partial charge in [0, 0.05) is 16.7 Å². The van der Waals surface area contributed by atoms with Crippen molar-refractivity contribution in [1.29, 1.82) is 5.26 Å². The zero-order valence-electron chi connectivity index (χ0n) is 11.0. The molecule has 21 heavy (non-hydrogen) atoms. The summed E-state index contributed by atoms with van der Waals surface area (Å²) in [5.41, 5.74) is 6.85. The second kappa shape index (κ2) is 5.39. The van der Waals surface area contributed by atoms with Crippen LogP contribution in [0.4, 0.5) is 0 Å². The van der Waals surface area contributed by atoms with Crippen LogP contribution in [0.5, 0.6) is 11.5 Å².